The van der Waals surface area contributed by atoms with Gasteiger partial charge >= 0.3 is 0 Å². The van der Waals surface area contributed by atoms with Gasteiger partial charge in [0.05, 0.1) is 11.3 Å². The van der Waals surface area contributed by atoms with Crippen LogP contribution in [0.5, 0.6) is 0 Å². The summed E-state index contributed by atoms with van der Waals surface area (Å²) in [6.07, 6.45) is 2.91. The fourth-order valence-electron chi connectivity index (χ4n) is 1.66. The van der Waals surface area contributed by atoms with Crippen LogP contribution in [0.1, 0.15) is 24.8 Å². The molecule has 0 amide bonds. The molecular weight excluding hydrogens is 214 g/mol. The number of rotatable bonds is 6. The van der Waals surface area contributed by atoms with E-state index in [1.165, 1.54) is 0 Å². The first-order valence-electron chi connectivity index (χ1n) is 5.80. The van der Waals surface area contributed by atoms with Gasteiger partial charge in [-0.15, -0.1) is 0 Å². The lowest BCUT2D eigenvalue weighted by molar-refractivity contribution is 0.283. The van der Waals surface area contributed by atoms with Crippen molar-refractivity contribution in [3.63, 3.8) is 0 Å². The number of nitriles is 1. The van der Waals surface area contributed by atoms with E-state index in [9.17, 15) is 0 Å². The smallest absolute Gasteiger partial charge is 0.101 e. The zero-order chi connectivity index (χ0) is 12.7. The fraction of sp³-hybridized carbons (Fsp3) is 0.462. The molecular formula is C13H19N3O. The van der Waals surface area contributed by atoms with Crippen LogP contribution in [0.15, 0.2) is 18.2 Å². The van der Waals surface area contributed by atoms with Crippen LogP contribution < -0.4 is 10.6 Å². The van der Waals surface area contributed by atoms with Crippen LogP contribution in [0.25, 0.3) is 0 Å². The van der Waals surface area contributed by atoms with Gasteiger partial charge in [0.1, 0.15) is 6.07 Å². The van der Waals surface area contributed by atoms with E-state index in [0.29, 0.717) is 11.3 Å². The van der Waals surface area contributed by atoms with E-state index in [4.69, 9.17) is 16.1 Å². The van der Waals surface area contributed by atoms with Crippen LogP contribution in [0, 0.1) is 11.3 Å². The molecule has 0 radical (unpaired) electrons. The van der Waals surface area contributed by atoms with Crippen molar-refractivity contribution in [3.8, 4) is 6.07 Å². The molecule has 4 heteroatoms. The molecule has 0 unspecified atom stereocenters. The number of aliphatic hydroxyl groups excluding tert-OH is 1. The van der Waals surface area contributed by atoms with E-state index >= 15 is 0 Å². The van der Waals surface area contributed by atoms with Crippen molar-refractivity contribution in [1.29, 1.82) is 5.26 Å². The van der Waals surface area contributed by atoms with Gasteiger partial charge in [0.25, 0.3) is 0 Å². The van der Waals surface area contributed by atoms with Crippen LogP contribution in [-0.2, 0) is 0 Å². The summed E-state index contributed by atoms with van der Waals surface area (Å²) in [4.78, 5) is 2.11. The fourth-order valence-corrected chi connectivity index (χ4v) is 1.66. The van der Waals surface area contributed by atoms with E-state index in [2.05, 4.69) is 4.90 Å². The molecule has 1 rings (SSSR count). The lowest BCUT2D eigenvalue weighted by Gasteiger charge is -2.19. The van der Waals surface area contributed by atoms with Crippen LogP contribution in [0.3, 0.4) is 0 Å². The molecule has 1 aromatic rings. The van der Waals surface area contributed by atoms with Gasteiger partial charge in [0.15, 0.2) is 0 Å². The van der Waals surface area contributed by atoms with Crippen molar-refractivity contribution in [1.82, 2.24) is 0 Å². The SMILES string of the molecule is CN(CCCCCO)c1ccc(C#N)c(N)c1. The van der Waals surface area contributed by atoms with Crippen molar-refractivity contribution in [3.05, 3.63) is 23.8 Å². The minimum Gasteiger partial charge on any atom is -0.398 e. The van der Waals surface area contributed by atoms with Gasteiger partial charge in [-0.25, -0.2) is 0 Å². The molecule has 0 saturated heterocycles. The van der Waals surface area contributed by atoms with Gasteiger partial charge in [-0.2, -0.15) is 5.26 Å². The third-order valence-corrected chi connectivity index (χ3v) is 2.75. The number of nitrogen functional groups attached to an aromatic ring is 1. The van der Waals surface area contributed by atoms with Gasteiger partial charge in [0.2, 0.25) is 0 Å². The summed E-state index contributed by atoms with van der Waals surface area (Å²) in [5.74, 6) is 0. The van der Waals surface area contributed by atoms with Crippen molar-refractivity contribution in [2.75, 3.05) is 30.8 Å². The third kappa shape index (κ3) is 3.97. The first kappa shape index (κ1) is 13.3. The number of hydrogen-bond donors (Lipinski definition) is 2. The first-order chi connectivity index (χ1) is 8.19. The van der Waals surface area contributed by atoms with Crippen molar-refractivity contribution >= 4 is 11.4 Å². The Bertz CT molecular complexity index is 398. The molecule has 4 nitrogen and oxygen atoms in total. The quantitative estimate of drug-likeness (QED) is 0.580. The molecule has 17 heavy (non-hydrogen) atoms. The highest BCUT2D eigenvalue weighted by molar-refractivity contribution is 5.63. The maximum Gasteiger partial charge on any atom is 0.101 e. The maximum absolute atomic E-state index is 8.78. The summed E-state index contributed by atoms with van der Waals surface area (Å²) in [5.41, 5.74) is 7.82. The molecule has 1 aromatic carbocycles. The molecule has 0 fully saturated rings. The highest BCUT2D eigenvalue weighted by Crippen LogP contribution is 2.20. The normalized spacial score (nSPS) is 9.94. The van der Waals surface area contributed by atoms with Gasteiger partial charge in [-0.1, -0.05) is 0 Å². The molecule has 92 valence electrons. The van der Waals surface area contributed by atoms with Gasteiger partial charge in [-0.3, -0.25) is 0 Å². The molecule has 3 N–H and O–H groups in total. The van der Waals surface area contributed by atoms with E-state index in [-0.39, 0.29) is 6.61 Å². The highest BCUT2D eigenvalue weighted by atomic mass is 16.2. The van der Waals surface area contributed by atoms with Crippen LogP contribution >= 0.6 is 0 Å². The standard InChI is InChI=1S/C13H19N3O/c1-16(7-3-2-4-8-17)12-6-5-11(10-14)13(15)9-12/h5-6,9,17H,2-4,7-8,15H2,1H3. The second-order valence-corrected chi connectivity index (χ2v) is 4.09. The molecule has 0 atom stereocenters. The summed E-state index contributed by atoms with van der Waals surface area (Å²) in [6, 6.07) is 7.52. The predicted molar refractivity (Wildman–Crippen MR) is 69.8 cm³/mol. The number of nitrogens with two attached hydrogens (primary N) is 1. The number of benzene rings is 1. The van der Waals surface area contributed by atoms with Crippen LogP contribution in [-0.4, -0.2) is 25.3 Å². The highest BCUT2D eigenvalue weighted by Gasteiger charge is 2.04. The molecule has 0 aliphatic heterocycles. The minimum atomic E-state index is 0.257. The van der Waals surface area contributed by atoms with E-state index < -0.39 is 0 Å². The first-order valence-corrected chi connectivity index (χ1v) is 5.80. The van der Waals surface area contributed by atoms with E-state index in [1.807, 2.05) is 25.2 Å². The third-order valence-electron chi connectivity index (χ3n) is 2.75. The van der Waals surface area contributed by atoms with Gasteiger partial charge in [0, 0.05) is 25.9 Å². The topological polar surface area (TPSA) is 73.3 Å². The number of nitrogens with zero attached hydrogens (tertiary/aromatic N) is 2. The van der Waals surface area contributed by atoms with Gasteiger partial charge < -0.3 is 15.7 Å². The zero-order valence-corrected chi connectivity index (χ0v) is 10.2. The Labute approximate surface area is 102 Å². The Kier molecular flexibility index (Phi) is 5.31. The Hall–Kier alpha value is -1.73. The summed E-state index contributed by atoms with van der Waals surface area (Å²) < 4.78 is 0. The Morgan fingerprint density at radius 2 is 2.12 bits per heavy atom. The van der Waals surface area contributed by atoms with Crippen LogP contribution in [0.4, 0.5) is 11.4 Å². The van der Waals surface area contributed by atoms with E-state index in [1.54, 1.807) is 6.07 Å². The van der Waals surface area contributed by atoms with Crippen molar-refractivity contribution < 1.29 is 5.11 Å². The predicted octanol–water partition coefficient (Wildman–Crippen LogP) is 1.74. The van der Waals surface area contributed by atoms with Crippen LogP contribution in [0.2, 0.25) is 0 Å². The summed E-state index contributed by atoms with van der Waals surface area (Å²) >= 11 is 0. The number of aliphatic hydroxyl groups is 1. The average Bonchev–Trinajstić information content (AvgIpc) is 2.34. The Morgan fingerprint density at radius 3 is 2.71 bits per heavy atom. The summed E-state index contributed by atoms with van der Waals surface area (Å²) in [6.45, 7) is 1.18. The summed E-state index contributed by atoms with van der Waals surface area (Å²) in [5, 5.41) is 17.5. The lowest BCUT2D eigenvalue weighted by atomic mass is 10.1. The molecule has 0 saturated carbocycles. The Balaban J connectivity index is 2.55. The zero-order valence-electron chi connectivity index (χ0n) is 10.2. The molecule has 0 aliphatic rings. The lowest BCUT2D eigenvalue weighted by Crippen LogP contribution is -2.18. The molecule has 0 bridgehead atoms. The number of unbranched alkanes of at least 4 members (excludes halogenated alkanes) is 2. The average molecular weight is 233 g/mol. The molecule has 0 spiro atoms. The molecule has 0 aliphatic carbocycles. The molecule has 0 aromatic heterocycles. The summed E-state index contributed by atoms with van der Waals surface area (Å²) in [7, 11) is 2.00. The largest absolute Gasteiger partial charge is 0.398 e. The Morgan fingerprint density at radius 1 is 1.35 bits per heavy atom. The number of anilines is 2. The number of hydrogen-bond acceptors (Lipinski definition) is 4. The van der Waals surface area contributed by atoms with Crippen molar-refractivity contribution in [2.45, 2.75) is 19.3 Å². The second kappa shape index (κ2) is 6.77. The molecule has 0 heterocycles. The minimum absolute atomic E-state index is 0.257. The second-order valence-electron chi connectivity index (χ2n) is 4.09. The monoisotopic (exact) mass is 233 g/mol. The van der Waals surface area contributed by atoms with E-state index in [0.717, 1.165) is 31.5 Å². The maximum atomic E-state index is 8.78. The van der Waals surface area contributed by atoms with Crippen molar-refractivity contribution in [2.24, 2.45) is 0 Å². The van der Waals surface area contributed by atoms with Gasteiger partial charge in [-0.05, 0) is 37.5 Å².